The second-order valence-corrected chi connectivity index (χ2v) is 5.90. The van der Waals surface area contributed by atoms with Crippen molar-refractivity contribution >= 4 is 11.8 Å². The Hall–Kier alpha value is -1.77. The molecule has 0 bridgehead atoms. The van der Waals surface area contributed by atoms with Crippen LogP contribution in [0, 0.1) is 0 Å². The molecule has 1 saturated heterocycles. The number of cyclic esters (lactones) is 1. The average molecular weight is 285 g/mol. The van der Waals surface area contributed by atoms with Crippen LogP contribution >= 0.6 is 0 Å². The van der Waals surface area contributed by atoms with Gasteiger partial charge in [-0.05, 0) is 24.8 Å². The van der Waals surface area contributed by atoms with Crippen LogP contribution in [-0.2, 0) is 11.2 Å². The number of hydrogen-bond acceptors (Lipinski definition) is 2. The lowest BCUT2D eigenvalue weighted by Gasteiger charge is -2.31. The molecule has 2 heterocycles. The maximum atomic E-state index is 12.0. The van der Waals surface area contributed by atoms with E-state index in [9.17, 15) is 4.79 Å². The highest BCUT2D eigenvalue weighted by atomic mass is 16.6. The minimum absolute atomic E-state index is 0.175. The van der Waals surface area contributed by atoms with Crippen LogP contribution in [0.15, 0.2) is 30.3 Å². The second-order valence-electron chi connectivity index (χ2n) is 5.90. The third-order valence-electron chi connectivity index (χ3n) is 4.36. The smallest absolute Gasteiger partial charge is 0.414 e. The van der Waals surface area contributed by atoms with Gasteiger partial charge in [-0.2, -0.15) is 0 Å². The summed E-state index contributed by atoms with van der Waals surface area (Å²) in [5.74, 6) is 0. The van der Waals surface area contributed by atoms with Crippen molar-refractivity contribution in [1.82, 2.24) is 4.90 Å². The van der Waals surface area contributed by atoms with E-state index in [-0.39, 0.29) is 12.1 Å². The zero-order valence-corrected chi connectivity index (χ0v) is 12.7. The zero-order chi connectivity index (χ0) is 14.7. The summed E-state index contributed by atoms with van der Waals surface area (Å²) in [6, 6.07) is 8.58. The van der Waals surface area contributed by atoms with E-state index in [1.165, 1.54) is 36.8 Å². The zero-order valence-electron chi connectivity index (χ0n) is 12.7. The standard InChI is InChI=1S/C18H23NO2/c1-2-3-4-5-6-11-17-16-10-8-7-9-14(16)12-15-13-21-18(20)19(15)17/h7-11,15H,2-6,12-13H2,1H3/b17-11-/t15-/m1/s1. The van der Waals surface area contributed by atoms with E-state index in [4.69, 9.17) is 4.74 Å². The maximum absolute atomic E-state index is 12.0. The molecule has 3 rings (SSSR count). The van der Waals surface area contributed by atoms with Gasteiger partial charge in [-0.1, -0.05) is 56.5 Å². The van der Waals surface area contributed by atoms with Crippen LogP contribution in [0.4, 0.5) is 4.79 Å². The Kier molecular flexibility index (Phi) is 4.28. The number of allylic oxidation sites excluding steroid dienone is 1. The van der Waals surface area contributed by atoms with Crippen molar-refractivity contribution < 1.29 is 9.53 Å². The first-order chi connectivity index (χ1) is 10.3. The molecule has 3 nitrogen and oxygen atoms in total. The lowest BCUT2D eigenvalue weighted by Crippen LogP contribution is -2.37. The molecule has 0 spiro atoms. The van der Waals surface area contributed by atoms with Gasteiger partial charge in [0.1, 0.15) is 6.61 Å². The summed E-state index contributed by atoms with van der Waals surface area (Å²) in [7, 11) is 0. The Labute approximate surface area is 126 Å². The number of benzene rings is 1. The van der Waals surface area contributed by atoms with Gasteiger partial charge in [-0.3, -0.25) is 4.90 Å². The highest BCUT2D eigenvalue weighted by Gasteiger charge is 2.39. The van der Waals surface area contributed by atoms with Gasteiger partial charge in [0.25, 0.3) is 0 Å². The number of rotatable bonds is 5. The molecule has 2 aliphatic rings. The molecule has 2 aliphatic heterocycles. The Morgan fingerprint density at radius 2 is 2.14 bits per heavy atom. The molecule has 0 N–H and O–H groups in total. The molecule has 1 aromatic carbocycles. The number of carbonyl (C=O) groups is 1. The quantitative estimate of drug-likeness (QED) is 0.752. The maximum Gasteiger partial charge on any atom is 0.414 e. The first-order valence-corrected chi connectivity index (χ1v) is 8.05. The van der Waals surface area contributed by atoms with Crippen molar-refractivity contribution in [2.24, 2.45) is 0 Å². The number of ether oxygens (including phenoxy) is 1. The molecule has 0 unspecified atom stereocenters. The number of fused-ring (bicyclic) bond motifs is 2. The highest BCUT2D eigenvalue weighted by molar-refractivity contribution is 5.86. The molecule has 21 heavy (non-hydrogen) atoms. The predicted octanol–water partition coefficient (Wildman–Crippen LogP) is 4.37. The van der Waals surface area contributed by atoms with Crippen molar-refractivity contribution in [3.8, 4) is 0 Å². The number of unbranched alkanes of at least 4 members (excludes halogenated alkanes) is 4. The van der Waals surface area contributed by atoms with Crippen molar-refractivity contribution in [2.45, 2.75) is 51.5 Å². The molecule has 0 aromatic heterocycles. The predicted molar refractivity (Wildman–Crippen MR) is 83.9 cm³/mol. The third kappa shape index (κ3) is 2.82. The second kappa shape index (κ2) is 6.33. The first-order valence-electron chi connectivity index (χ1n) is 8.05. The summed E-state index contributed by atoms with van der Waals surface area (Å²) in [5.41, 5.74) is 3.58. The number of amides is 1. The normalized spacial score (nSPS) is 22.1. The lowest BCUT2D eigenvalue weighted by atomic mass is 9.91. The van der Waals surface area contributed by atoms with Gasteiger partial charge in [0.05, 0.1) is 11.7 Å². The molecule has 1 aromatic rings. The van der Waals surface area contributed by atoms with Crippen LogP contribution in [0.5, 0.6) is 0 Å². The van der Waals surface area contributed by atoms with Crippen LogP contribution in [0.1, 0.15) is 50.2 Å². The van der Waals surface area contributed by atoms with Gasteiger partial charge in [-0.25, -0.2) is 4.79 Å². The van der Waals surface area contributed by atoms with Crippen molar-refractivity contribution in [3.05, 3.63) is 41.5 Å². The fourth-order valence-corrected chi connectivity index (χ4v) is 3.26. The molecular weight excluding hydrogens is 262 g/mol. The van der Waals surface area contributed by atoms with E-state index in [1.54, 1.807) is 0 Å². The summed E-state index contributed by atoms with van der Waals surface area (Å²) >= 11 is 0. The lowest BCUT2D eigenvalue weighted by molar-refractivity contribution is 0.167. The summed E-state index contributed by atoms with van der Waals surface area (Å²) < 4.78 is 5.25. The van der Waals surface area contributed by atoms with Crippen LogP contribution in [-0.4, -0.2) is 23.6 Å². The number of hydrogen-bond donors (Lipinski definition) is 0. The van der Waals surface area contributed by atoms with E-state index in [1.807, 2.05) is 11.0 Å². The fraction of sp³-hybridized carbons (Fsp3) is 0.500. The van der Waals surface area contributed by atoms with Gasteiger partial charge >= 0.3 is 6.09 Å². The Morgan fingerprint density at radius 1 is 1.29 bits per heavy atom. The summed E-state index contributed by atoms with van der Waals surface area (Å²) in [5, 5.41) is 0. The van der Waals surface area contributed by atoms with Crippen LogP contribution < -0.4 is 0 Å². The van der Waals surface area contributed by atoms with Crippen molar-refractivity contribution in [2.75, 3.05) is 6.61 Å². The summed E-state index contributed by atoms with van der Waals surface area (Å²) in [6.07, 6.45) is 8.95. The largest absolute Gasteiger partial charge is 0.447 e. The molecule has 3 heteroatoms. The Bertz CT molecular complexity index is 550. The molecule has 0 radical (unpaired) electrons. The molecule has 1 atom stereocenters. The number of nitrogens with zero attached hydrogens (tertiary/aromatic N) is 1. The van der Waals surface area contributed by atoms with E-state index in [2.05, 4.69) is 31.2 Å². The minimum atomic E-state index is -0.186. The molecular formula is C18H23NO2. The van der Waals surface area contributed by atoms with E-state index in [0.717, 1.165) is 18.5 Å². The van der Waals surface area contributed by atoms with Gasteiger partial charge in [0.2, 0.25) is 0 Å². The molecule has 0 aliphatic carbocycles. The van der Waals surface area contributed by atoms with Crippen LogP contribution in [0.2, 0.25) is 0 Å². The van der Waals surface area contributed by atoms with E-state index >= 15 is 0 Å². The Morgan fingerprint density at radius 3 is 3.00 bits per heavy atom. The van der Waals surface area contributed by atoms with Crippen LogP contribution in [0.3, 0.4) is 0 Å². The summed E-state index contributed by atoms with van der Waals surface area (Å²) in [4.78, 5) is 13.9. The first kappa shape index (κ1) is 14.2. The van der Waals surface area contributed by atoms with Gasteiger partial charge < -0.3 is 4.74 Å². The topological polar surface area (TPSA) is 29.5 Å². The van der Waals surface area contributed by atoms with E-state index in [0.29, 0.717) is 6.61 Å². The average Bonchev–Trinajstić information content (AvgIpc) is 2.87. The minimum Gasteiger partial charge on any atom is -0.447 e. The highest BCUT2D eigenvalue weighted by Crippen LogP contribution is 2.36. The molecule has 112 valence electrons. The molecule has 1 amide bonds. The molecule has 0 saturated carbocycles. The SMILES string of the molecule is CCCCCC/C=C1/c2ccccc2C[C@@H]2COC(=O)N12. The fourth-order valence-electron chi connectivity index (χ4n) is 3.26. The monoisotopic (exact) mass is 285 g/mol. The van der Waals surface area contributed by atoms with Gasteiger partial charge in [0, 0.05) is 5.56 Å². The molecule has 1 fully saturated rings. The van der Waals surface area contributed by atoms with Gasteiger partial charge in [-0.15, -0.1) is 0 Å². The van der Waals surface area contributed by atoms with Crippen molar-refractivity contribution in [1.29, 1.82) is 0 Å². The van der Waals surface area contributed by atoms with Gasteiger partial charge in [0.15, 0.2) is 0 Å². The third-order valence-corrected chi connectivity index (χ3v) is 4.36. The number of carbonyl (C=O) groups excluding carboxylic acids is 1. The van der Waals surface area contributed by atoms with E-state index < -0.39 is 0 Å². The van der Waals surface area contributed by atoms with Crippen molar-refractivity contribution in [3.63, 3.8) is 0 Å². The van der Waals surface area contributed by atoms with Crippen LogP contribution in [0.25, 0.3) is 5.70 Å². The summed E-state index contributed by atoms with van der Waals surface area (Å²) in [6.45, 7) is 2.74. The Balaban J connectivity index is 1.83.